The molecule has 2 aromatic carbocycles. The average Bonchev–Trinajstić information content (AvgIpc) is 3.21. The molecular weight excluding hydrogens is 452 g/mol. The van der Waals surface area contributed by atoms with E-state index in [4.69, 9.17) is 22.1 Å². The van der Waals surface area contributed by atoms with Gasteiger partial charge in [-0.2, -0.15) is 0 Å². The van der Waals surface area contributed by atoms with Crippen molar-refractivity contribution < 1.29 is 9.53 Å². The molecule has 1 saturated heterocycles. The third-order valence-electron chi connectivity index (χ3n) is 6.63. The topological polar surface area (TPSA) is 100 Å². The number of hydrogen-bond acceptors (Lipinski definition) is 7. The zero-order valence-corrected chi connectivity index (χ0v) is 19.7. The highest BCUT2D eigenvalue weighted by Crippen LogP contribution is 2.27. The zero-order chi connectivity index (χ0) is 23.7. The van der Waals surface area contributed by atoms with E-state index >= 15 is 0 Å². The van der Waals surface area contributed by atoms with Gasteiger partial charge in [0.2, 0.25) is 0 Å². The SMILES string of the molecule is COC[C@@H]1C(C=O)N(Cc2ccc3c(N)ncnc3c2)CCN1Cc1ccc2c(Cl)c[nH]c2c1. The number of nitrogens with zero attached hydrogens (tertiary/aromatic N) is 4. The van der Waals surface area contributed by atoms with Crippen LogP contribution < -0.4 is 5.73 Å². The Hall–Kier alpha value is -3.04. The maximum Gasteiger partial charge on any atom is 0.138 e. The molecule has 0 radical (unpaired) electrons. The van der Waals surface area contributed by atoms with E-state index in [0.717, 1.165) is 63.9 Å². The molecule has 0 aliphatic carbocycles. The van der Waals surface area contributed by atoms with Gasteiger partial charge in [-0.1, -0.05) is 29.8 Å². The van der Waals surface area contributed by atoms with Gasteiger partial charge in [0.05, 0.1) is 29.2 Å². The predicted octanol–water partition coefficient (Wildman–Crippen LogP) is 3.25. The summed E-state index contributed by atoms with van der Waals surface area (Å²) in [5, 5.41) is 2.56. The molecule has 2 atom stereocenters. The number of rotatable bonds is 7. The maximum atomic E-state index is 12.3. The number of aromatic nitrogens is 3. The number of aromatic amines is 1. The summed E-state index contributed by atoms with van der Waals surface area (Å²) in [7, 11) is 1.68. The quantitative estimate of drug-likeness (QED) is 0.393. The second kappa shape index (κ2) is 9.68. The molecule has 1 aliphatic rings. The van der Waals surface area contributed by atoms with E-state index in [2.05, 4.69) is 36.9 Å². The van der Waals surface area contributed by atoms with Crippen molar-refractivity contribution in [2.24, 2.45) is 0 Å². The van der Waals surface area contributed by atoms with E-state index in [1.807, 2.05) is 24.3 Å². The fourth-order valence-electron chi connectivity index (χ4n) is 4.89. The van der Waals surface area contributed by atoms with E-state index in [1.54, 1.807) is 13.3 Å². The molecule has 3 heterocycles. The van der Waals surface area contributed by atoms with Crippen LogP contribution in [0.15, 0.2) is 48.9 Å². The van der Waals surface area contributed by atoms with Crippen LogP contribution >= 0.6 is 11.6 Å². The lowest BCUT2D eigenvalue weighted by Gasteiger charge is -2.45. The molecule has 0 amide bonds. The van der Waals surface area contributed by atoms with Gasteiger partial charge in [0.15, 0.2) is 0 Å². The number of nitrogens with one attached hydrogen (secondary N) is 1. The molecule has 176 valence electrons. The molecule has 9 heteroatoms. The molecular formula is C25H27ClN6O2. The Morgan fingerprint density at radius 1 is 1.12 bits per heavy atom. The molecule has 0 saturated carbocycles. The lowest BCUT2D eigenvalue weighted by atomic mass is 10.0. The molecule has 5 rings (SSSR count). The van der Waals surface area contributed by atoms with Crippen LogP contribution in [0.2, 0.25) is 5.02 Å². The molecule has 34 heavy (non-hydrogen) atoms. The summed E-state index contributed by atoms with van der Waals surface area (Å²) in [6, 6.07) is 11.9. The second-order valence-electron chi connectivity index (χ2n) is 8.72. The van der Waals surface area contributed by atoms with Crippen molar-refractivity contribution in [3.8, 4) is 0 Å². The van der Waals surface area contributed by atoms with Gasteiger partial charge >= 0.3 is 0 Å². The van der Waals surface area contributed by atoms with Crippen LogP contribution in [0.25, 0.3) is 21.8 Å². The van der Waals surface area contributed by atoms with Gasteiger partial charge in [-0.05, 0) is 29.3 Å². The maximum absolute atomic E-state index is 12.3. The summed E-state index contributed by atoms with van der Waals surface area (Å²) < 4.78 is 5.54. The van der Waals surface area contributed by atoms with Crippen LogP contribution in [0, 0.1) is 0 Å². The monoisotopic (exact) mass is 478 g/mol. The molecule has 0 spiro atoms. The highest BCUT2D eigenvalue weighted by Gasteiger charge is 2.36. The molecule has 2 aromatic heterocycles. The Morgan fingerprint density at radius 2 is 1.85 bits per heavy atom. The summed E-state index contributed by atoms with van der Waals surface area (Å²) in [6.45, 7) is 3.43. The average molecular weight is 479 g/mol. The number of ether oxygens (including phenoxy) is 1. The fraction of sp³-hybridized carbons (Fsp3) is 0.320. The summed E-state index contributed by atoms with van der Waals surface area (Å²) in [6.07, 6.45) is 4.32. The first-order valence-corrected chi connectivity index (χ1v) is 11.6. The van der Waals surface area contributed by atoms with Gasteiger partial charge in [-0.15, -0.1) is 0 Å². The van der Waals surface area contributed by atoms with Crippen LogP contribution in [0.1, 0.15) is 11.1 Å². The fourth-order valence-corrected chi connectivity index (χ4v) is 5.11. The predicted molar refractivity (Wildman–Crippen MR) is 134 cm³/mol. The van der Waals surface area contributed by atoms with Crippen molar-refractivity contribution in [1.29, 1.82) is 0 Å². The van der Waals surface area contributed by atoms with Gasteiger partial charge in [0, 0.05) is 55.8 Å². The van der Waals surface area contributed by atoms with E-state index < -0.39 is 0 Å². The molecule has 8 nitrogen and oxygen atoms in total. The number of methoxy groups -OCH3 is 1. The summed E-state index contributed by atoms with van der Waals surface area (Å²) in [5.41, 5.74) is 10.0. The van der Waals surface area contributed by atoms with Crippen molar-refractivity contribution >= 4 is 45.5 Å². The zero-order valence-electron chi connectivity index (χ0n) is 18.9. The van der Waals surface area contributed by atoms with Crippen molar-refractivity contribution in [3.05, 3.63) is 65.1 Å². The lowest BCUT2D eigenvalue weighted by Crippen LogP contribution is -2.61. The number of hydrogen-bond donors (Lipinski definition) is 2. The third kappa shape index (κ3) is 4.37. The van der Waals surface area contributed by atoms with Gasteiger partial charge < -0.3 is 20.2 Å². The first kappa shape index (κ1) is 22.7. The van der Waals surface area contributed by atoms with Gasteiger partial charge in [0.25, 0.3) is 0 Å². The van der Waals surface area contributed by atoms with Crippen molar-refractivity contribution in [3.63, 3.8) is 0 Å². The summed E-state index contributed by atoms with van der Waals surface area (Å²) in [4.78, 5) is 28.5. The second-order valence-corrected chi connectivity index (χ2v) is 9.12. The molecule has 4 aromatic rings. The number of nitrogens with two attached hydrogens (primary N) is 1. The normalized spacial score (nSPS) is 19.7. The molecule has 1 unspecified atom stereocenters. The molecule has 1 aliphatic heterocycles. The number of carbonyl (C=O) groups excluding carboxylic acids is 1. The minimum absolute atomic E-state index is 0.0578. The van der Waals surface area contributed by atoms with E-state index in [-0.39, 0.29) is 12.1 Å². The van der Waals surface area contributed by atoms with Crippen molar-refractivity contribution in [2.45, 2.75) is 25.2 Å². The summed E-state index contributed by atoms with van der Waals surface area (Å²) in [5.74, 6) is 0.468. The molecule has 0 bridgehead atoms. The summed E-state index contributed by atoms with van der Waals surface area (Å²) >= 11 is 6.23. The van der Waals surface area contributed by atoms with E-state index in [1.165, 1.54) is 6.33 Å². The Kier molecular flexibility index (Phi) is 6.47. The van der Waals surface area contributed by atoms with Crippen molar-refractivity contribution in [1.82, 2.24) is 24.8 Å². The first-order chi connectivity index (χ1) is 16.6. The number of H-pyrrole nitrogens is 1. The number of piperazine rings is 1. The van der Waals surface area contributed by atoms with E-state index in [0.29, 0.717) is 19.0 Å². The third-order valence-corrected chi connectivity index (χ3v) is 6.95. The van der Waals surface area contributed by atoms with Crippen LogP contribution in [0.3, 0.4) is 0 Å². The number of aldehydes is 1. The molecule has 3 N–H and O–H groups in total. The number of benzene rings is 2. The van der Waals surface area contributed by atoms with Crippen LogP contribution in [-0.2, 0) is 22.6 Å². The number of carbonyl (C=O) groups is 1. The highest BCUT2D eigenvalue weighted by atomic mass is 35.5. The Labute approximate surface area is 202 Å². The molecule has 1 fully saturated rings. The number of anilines is 1. The van der Waals surface area contributed by atoms with Crippen LogP contribution in [0.5, 0.6) is 0 Å². The lowest BCUT2D eigenvalue weighted by molar-refractivity contribution is -0.120. The Bertz CT molecular complexity index is 1330. The Balaban J connectivity index is 1.35. The van der Waals surface area contributed by atoms with Gasteiger partial charge in [-0.25, -0.2) is 9.97 Å². The Morgan fingerprint density at radius 3 is 2.65 bits per heavy atom. The van der Waals surface area contributed by atoms with Crippen molar-refractivity contribution in [2.75, 3.05) is 32.5 Å². The first-order valence-electron chi connectivity index (χ1n) is 11.2. The van der Waals surface area contributed by atoms with Gasteiger partial charge in [0.1, 0.15) is 18.4 Å². The number of halogens is 1. The smallest absolute Gasteiger partial charge is 0.138 e. The minimum Gasteiger partial charge on any atom is -0.383 e. The number of fused-ring (bicyclic) bond motifs is 2. The van der Waals surface area contributed by atoms with Gasteiger partial charge in [-0.3, -0.25) is 9.80 Å². The largest absolute Gasteiger partial charge is 0.383 e. The van der Waals surface area contributed by atoms with Crippen LogP contribution in [0.4, 0.5) is 5.82 Å². The standard InChI is InChI=1S/C25H27ClN6O2/c1-34-14-24-23(13-33)31(11-17-3-5-19-22(9-17)29-15-30-25(19)27)6-7-32(24)12-16-2-4-18-20(26)10-28-21(18)8-16/h2-5,8-10,13,15,23-24,28H,6-7,11-12,14H2,1H3,(H2,27,29,30)/t23?,24-/m1/s1. The van der Waals surface area contributed by atoms with Crippen LogP contribution in [-0.4, -0.2) is 69.9 Å². The number of nitrogen functional groups attached to an aromatic ring is 1. The minimum atomic E-state index is -0.288. The van der Waals surface area contributed by atoms with E-state index in [9.17, 15) is 4.79 Å². The highest BCUT2D eigenvalue weighted by molar-refractivity contribution is 6.35.